The van der Waals surface area contributed by atoms with Crippen molar-refractivity contribution in [3.05, 3.63) is 65.2 Å². The Kier molecular flexibility index (Phi) is 5.97. The summed E-state index contributed by atoms with van der Waals surface area (Å²) in [4.78, 5) is 12.2. The molecule has 4 heteroatoms. The molecule has 0 aliphatic heterocycles. The highest BCUT2D eigenvalue weighted by Crippen LogP contribution is 2.22. The maximum absolute atomic E-state index is 12.2. The van der Waals surface area contributed by atoms with Crippen LogP contribution in [0.3, 0.4) is 0 Å². The first-order chi connectivity index (χ1) is 11.8. The van der Waals surface area contributed by atoms with E-state index in [0.29, 0.717) is 5.56 Å². The van der Waals surface area contributed by atoms with Gasteiger partial charge in [-0.05, 0) is 49.1 Å². The van der Waals surface area contributed by atoms with Crippen LogP contribution in [0.25, 0.3) is 0 Å². The van der Waals surface area contributed by atoms with Crippen molar-refractivity contribution in [3.63, 3.8) is 0 Å². The van der Waals surface area contributed by atoms with E-state index >= 15 is 0 Å². The predicted octanol–water partition coefficient (Wildman–Crippen LogP) is 4.54. The van der Waals surface area contributed by atoms with Crippen LogP contribution in [-0.2, 0) is 5.41 Å². The third kappa shape index (κ3) is 5.45. The largest absolute Gasteiger partial charge is 0.490 e. The number of hydrogen-bond donors (Lipinski definition) is 1. The number of rotatable bonds is 5. The number of hydrazone groups is 1. The Hall–Kier alpha value is -2.62. The summed E-state index contributed by atoms with van der Waals surface area (Å²) in [5.74, 6) is 0.504. The highest BCUT2D eigenvalue weighted by atomic mass is 16.5. The SMILES string of the molecule is CC(C)Oc1ccccc1C=NNC(=O)c1ccc(C(C)(C)C)cc1. The molecular weight excluding hydrogens is 312 g/mol. The summed E-state index contributed by atoms with van der Waals surface area (Å²) in [6.07, 6.45) is 1.67. The van der Waals surface area contributed by atoms with Gasteiger partial charge in [0.2, 0.25) is 0 Å². The maximum atomic E-state index is 12.2. The molecule has 2 aromatic rings. The van der Waals surface area contributed by atoms with Crippen LogP contribution in [0.15, 0.2) is 53.6 Å². The predicted molar refractivity (Wildman–Crippen MR) is 102 cm³/mol. The Morgan fingerprint density at radius 1 is 1.08 bits per heavy atom. The third-order valence-corrected chi connectivity index (χ3v) is 3.66. The minimum Gasteiger partial charge on any atom is -0.490 e. The monoisotopic (exact) mass is 338 g/mol. The van der Waals surface area contributed by atoms with E-state index in [0.717, 1.165) is 11.3 Å². The van der Waals surface area contributed by atoms with Gasteiger partial charge in [-0.1, -0.05) is 45.0 Å². The van der Waals surface area contributed by atoms with Gasteiger partial charge >= 0.3 is 0 Å². The zero-order valence-electron chi connectivity index (χ0n) is 15.5. The van der Waals surface area contributed by atoms with Gasteiger partial charge < -0.3 is 4.74 Å². The molecule has 2 rings (SSSR count). The van der Waals surface area contributed by atoms with Crippen molar-refractivity contribution in [2.24, 2.45) is 5.10 Å². The van der Waals surface area contributed by atoms with E-state index in [2.05, 4.69) is 31.3 Å². The lowest BCUT2D eigenvalue weighted by atomic mass is 9.87. The van der Waals surface area contributed by atoms with Crippen molar-refractivity contribution in [2.45, 2.75) is 46.1 Å². The Labute approximate surface area is 149 Å². The number of nitrogens with zero attached hydrogens (tertiary/aromatic N) is 1. The van der Waals surface area contributed by atoms with E-state index in [1.165, 1.54) is 5.56 Å². The van der Waals surface area contributed by atoms with Crippen LogP contribution in [0.2, 0.25) is 0 Å². The van der Waals surface area contributed by atoms with Crippen molar-refractivity contribution in [2.75, 3.05) is 0 Å². The minimum absolute atomic E-state index is 0.0628. The lowest BCUT2D eigenvalue weighted by Gasteiger charge is -2.18. The molecule has 0 bridgehead atoms. The standard InChI is InChI=1S/C21H26N2O2/c1-15(2)25-19-9-7-6-8-17(19)14-22-23-20(24)16-10-12-18(13-11-16)21(3,4)5/h6-15H,1-5H3,(H,23,24). The zero-order chi connectivity index (χ0) is 18.4. The fraction of sp³-hybridized carbons (Fsp3) is 0.333. The Bertz CT molecular complexity index is 741. The fourth-order valence-electron chi connectivity index (χ4n) is 2.30. The van der Waals surface area contributed by atoms with E-state index in [4.69, 9.17) is 4.74 Å². The van der Waals surface area contributed by atoms with Gasteiger partial charge in [-0.25, -0.2) is 5.43 Å². The van der Waals surface area contributed by atoms with Gasteiger partial charge in [0.1, 0.15) is 5.75 Å². The molecule has 0 aromatic heterocycles. The summed E-state index contributed by atoms with van der Waals surface area (Å²) in [6.45, 7) is 10.4. The van der Waals surface area contributed by atoms with Crippen LogP contribution < -0.4 is 10.2 Å². The van der Waals surface area contributed by atoms with Gasteiger partial charge in [-0.2, -0.15) is 5.10 Å². The normalized spacial score (nSPS) is 11.8. The quantitative estimate of drug-likeness (QED) is 0.643. The molecule has 0 radical (unpaired) electrons. The summed E-state index contributed by atoms with van der Waals surface area (Å²) in [6, 6.07) is 15.2. The summed E-state index contributed by atoms with van der Waals surface area (Å²) < 4.78 is 5.73. The van der Waals surface area contributed by atoms with Crippen molar-refractivity contribution >= 4 is 12.1 Å². The van der Waals surface area contributed by atoms with E-state index < -0.39 is 0 Å². The van der Waals surface area contributed by atoms with Gasteiger partial charge in [-0.15, -0.1) is 0 Å². The molecule has 25 heavy (non-hydrogen) atoms. The Morgan fingerprint density at radius 3 is 2.32 bits per heavy atom. The molecule has 2 aromatic carbocycles. The molecule has 0 atom stereocenters. The van der Waals surface area contributed by atoms with Gasteiger partial charge in [0.05, 0.1) is 12.3 Å². The molecule has 4 nitrogen and oxygen atoms in total. The molecule has 0 heterocycles. The fourth-order valence-corrected chi connectivity index (χ4v) is 2.30. The first-order valence-corrected chi connectivity index (χ1v) is 8.47. The first-order valence-electron chi connectivity index (χ1n) is 8.47. The van der Waals surface area contributed by atoms with Gasteiger partial charge in [-0.3, -0.25) is 4.79 Å². The molecule has 0 fully saturated rings. The Morgan fingerprint density at radius 2 is 1.72 bits per heavy atom. The van der Waals surface area contributed by atoms with Crippen molar-refractivity contribution < 1.29 is 9.53 Å². The summed E-state index contributed by atoms with van der Waals surface area (Å²) in [5.41, 5.74) is 5.21. The number of amides is 1. The number of hydrogen-bond acceptors (Lipinski definition) is 3. The molecule has 0 saturated heterocycles. The number of para-hydroxylation sites is 1. The van der Waals surface area contributed by atoms with Crippen molar-refractivity contribution in [3.8, 4) is 5.75 Å². The van der Waals surface area contributed by atoms with E-state index in [1.807, 2.05) is 62.4 Å². The highest BCUT2D eigenvalue weighted by Gasteiger charge is 2.14. The second-order valence-corrected chi connectivity index (χ2v) is 7.23. The average molecular weight is 338 g/mol. The van der Waals surface area contributed by atoms with Crippen LogP contribution in [-0.4, -0.2) is 18.2 Å². The second-order valence-electron chi connectivity index (χ2n) is 7.23. The lowest BCUT2D eigenvalue weighted by Crippen LogP contribution is -2.18. The Balaban J connectivity index is 2.04. The van der Waals surface area contributed by atoms with E-state index in [1.54, 1.807) is 6.21 Å². The van der Waals surface area contributed by atoms with Crippen LogP contribution in [0, 0.1) is 0 Å². The lowest BCUT2D eigenvalue weighted by molar-refractivity contribution is 0.0955. The smallest absolute Gasteiger partial charge is 0.271 e. The average Bonchev–Trinajstić information content (AvgIpc) is 2.55. The molecule has 0 aliphatic rings. The number of carbonyl (C=O) groups is 1. The molecule has 0 saturated carbocycles. The molecular formula is C21H26N2O2. The van der Waals surface area contributed by atoms with Gasteiger partial charge in [0.25, 0.3) is 5.91 Å². The maximum Gasteiger partial charge on any atom is 0.271 e. The zero-order valence-corrected chi connectivity index (χ0v) is 15.5. The summed E-state index contributed by atoms with van der Waals surface area (Å²) in [7, 11) is 0. The number of carbonyl (C=O) groups excluding carboxylic acids is 1. The molecule has 0 unspecified atom stereocenters. The van der Waals surface area contributed by atoms with Gasteiger partial charge in [0, 0.05) is 11.1 Å². The molecule has 0 spiro atoms. The first kappa shape index (κ1) is 18.7. The van der Waals surface area contributed by atoms with Crippen LogP contribution in [0.5, 0.6) is 5.75 Å². The molecule has 0 aliphatic carbocycles. The van der Waals surface area contributed by atoms with Crippen molar-refractivity contribution in [1.29, 1.82) is 0 Å². The molecule has 132 valence electrons. The second kappa shape index (κ2) is 7.97. The summed E-state index contributed by atoms with van der Waals surface area (Å²) >= 11 is 0. The third-order valence-electron chi connectivity index (χ3n) is 3.66. The van der Waals surface area contributed by atoms with Gasteiger partial charge in [0.15, 0.2) is 0 Å². The van der Waals surface area contributed by atoms with Crippen LogP contribution in [0.4, 0.5) is 0 Å². The van der Waals surface area contributed by atoms with E-state index in [-0.39, 0.29) is 17.4 Å². The summed E-state index contributed by atoms with van der Waals surface area (Å²) in [5, 5.41) is 4.05. The molecule has 1 N–H and O–H groups in total. The number of nitrogens with one attached hydrogen (secondary N) is 1. The van der Waals surface area contributed by atoms with Crippen LogP contribution in [0.1, 0.15) is 56.1 Å². The highest BCUT2D eigenvalue weighted by molar-refractivity contribution is 5.95. The van der Waals surface area contributed by atoms with Crippen LogP contribution >= 0.6 is 0 Å². The number of ether oxygens (including phenoxy) is 1. The number of benzene rings is 2. The topological polar surface area (TPSA) is 50.7 Å². The molecule has 1 amide bonds. The van der Waals surface area contributed by atoms with Crippen molar-refractivity contribution in [1.82, 2.24) is 5.43 Å². The van der Waals surface area contributed by atoms with E-state index in [9.17, 15) is 4.79 Å². The minimum atomic E-state index is -0.237.